The molecule has 3 aromatic rings. The van der Waals surface area contributed by atoms with Gasteiger partial charge in [0.05, 0.1) is 0 Å². The molecule has 24 heavy (non-hydrogen) atoms. The van der Waals surface area contributed by atoms with E-state index in [4.69, 9.17) is 0 Å². The number of halogens is 2. The van der Waals surface area contributed by atoms with E-state index in [1.807, 2.05) is 0 Å². The molecule has 1 aromatic heterocycles. The molecule has 0 radical (unpaired) electrons. The maximum Gasteiger partial charge on any atom is 0.275 e. The molecule has 3 rings (SSSR count). The summed E-state index contributed by atoms with van der Waals surface area (Å²) < 4.78 is 26.1. The van der Waals surface area contributed by atoms with E-state index in [1.54, 1.807) is 18.2 Å². The highest BCUT2D eigenvalue weighted by atomic mass is 19.1. The second-order valence-electron chi connectivity index (χ2n) is 4.97. The van der Waals surface area contributed by atoms with Crippen LogP contribution in [0, 0.1) is 11.6 Å². The summed E-state index contributed by atoms with van der Waals surface area (Å²) in [5, 5.41) is 15.5. The van der Waals surface area contributed by atoms with Crippen LogP contribution in [0.4, 0.5) is 20.3 Å². The van der Waals surface area contributed by atoms with Crippen LogP contribution in [-0.2, 0) is 6.54 Å². The molecule has 0 aliphatic carbocycles. The van der Waals surface area contributed by atoms with Crippen LogP contribution in [0.2, 0.25) is 0 Å². The molecule has 0 aliphatic rings. The molecule has 0 bridgehead atoms. The Morgan fingerprint density at radius 1 is 1.04 bits per heavy atom. The zero-order valence-corrected chi connectivity index (χ0v) is 12.4. The predicted molar refractivity (Wildman–Crippen MR) is 83.6 cm³/mol. The van der Waals surface area contributed by atoms with Gasteiger partial charge in [0.2, 0.25) is 0 Å². The standard InChI is InChI=1S/C16H13F2N5O/c17-11-6-4-10(5-7-11)9-19-16(24)14-15(22-23-21-14)20-13-3-1-2-12(18)8-13/h1-8H,9H2,(H,19,24)(H2,20,21,22,23). The van der Waals surface area contributed by atoms with Crippen molar-refractivity contribution in [2.45, 2.75) is 6.54 Å². The molecule has 3 N–H and O–H groups in total. The number of carbonyl (C=O) groups is 1. The average molecular weight is 329 g/mol. The monoisotopic (exact) mass is 329 g/mol. The number of aromatic amines is 1. The van der Waals surface area contributed by atoms with Crippen molar-refractivity contribution in [2.24, 2.45) is 0 Å². The van der Waals surface area contributed by atoms with Gasteiger partial charge in [-0.25, -0.2) is 8.78 Å². The topological polar surface area (TPSA) is 82.7 Å². The third-order valence-corrected chi connectivity index (χ3v) is 3.22. The fraction of sp³-hybridized carbons (Fsp3) is 0.0625. The maximum absolute atomic E-state index is 13.2. The van der Waals surface area contributed by atoms with E-state index < -0.39 is 11.7 Å². The number of rotatable bonds is 5. The van der Waals surface area contributed by atoms with Gasteiger partial charge in [0.1, 0.15) is 11.6 Å². The molecule has 0 saturated heterocycles. The summed E-state index contributed by atoms with van der Waals surface area (Å²) in [6, 6.07) is 11.5. The molecule has 2 aromatic carbocycles. The van der Waals surface area contributed by atoms with Gasteiger partial charge in [0.25, 0.3) is 5.91 Å². The number of hydrogen-bond donors (Lipinski definition) is 3. The molecule has 6 nitrogen and oxygen atoms in total. The predicted octanol–water partition coefficient (Wildman–Crippen LogP) is 2.76. The van der Waals surface area contributed by atoms with Gasteiger partial charge < -0.3 is 10.6 Å². The van der Waals surface area contributed by atoms with Crippen LogP contribution >= 0.6 is 0 Å². The molecule has 0 unspecified atom stereocenters. The summed E-state index contributed by atoms with van der Waals surface area (Å²) in [4.78, 5) is 12.2. The second kappa shape index (κ2) is 6.86. The first-order chi connectivity index (χ1) is 11.6. The Morgan fingerprint density at radius 2 is 1.83 bits per heavy atom. The lowest BCUT2D eigenvalue weighted by molar-refractivity contribution is 0.0946. The minimum Gasteiger partial charge on any atom is -0.346 e. The zero-order valence-electron chi connectivity index (χ0n) is 12.4. The fourth-order valence-electron chi connectivity index (χ4n) is 2.05. The van der Waals surface area contributed by atoms with Gasteiger partial charge >= 0.3 is 0 Å². The Kier molecular flexibility index (Phi) is 4.46. The number of nitrogens with zero attached hydrogens (tertiary/aromatic N) is 2. The van der Waals surface area contributed by atoms with E-state index in [0.717, 1.165) is 5.56 Å². The van der Waals surface area contributed by atoms with Gasteiger partial charge in [0.15, 0.2) is 11.5 Å². The Labute approximate surface area is 135 Å². The fourth-order valence-corrected chi connectivity index (χ4v) is 2.05. The molecule has 1 amide bonds. The number of aromatic nitrogens is 3. The van der Waals surface area contributed by atoms with Crippen molar-refractivity contribution in [3.8, 4) is 0 Å². The van der Waals surface area contributed by atoms with Crippen molar-refractivity contribution in [1.29, 1.82) is 0 Å². The third-order valence-electron chi connectivity index (χ3n) is 3.22. The van der Waals surface area contributed by atoms with Crippen LogP contribution in [0.25, 0.3) is 0 Å². The molecule has 0 spiro atoms. The minimum atomic E-state index is -0.466. The van der Waals surface area contributed by atoms with Crippen molar-refractivity contribution in [1.82, 2.24) is 20.7 Å². The Hall–Kier alpha value is -3.29. The molecular weight excluding hydrogens is 316 g/mol. The number of benzene rings is 2. The van der Waals surface area contributed by atoms with Gasteiger partial charge in [-0.2, -0.15) is 5.21 Å². The van der Waals surface area contributed by atoms with Gasteiger partial charge in [-0.1, -0.05) is 18.2 Å². The largest absolute Gasteiger partial charge is 0.346 e. The van der Waals surface area contributed by atoms with Crippen molar-refractivity contribution >= 4 is 17.4 Å². The Bertz CT molecular complexity index is 848. The highest BCUT2D eigenvalue weighted by molar-refractivity contribution is 5.97. The van der Waals surface area contributed by atoms with E-state index >= 15 is 0 Å². The SMILES string of the molecule is O=C(NCc1ccc(F)cc1)c1n[nH]nc1Nc1cccc(F)c1. The van der Waals surface area contributed by atoms with Gasteiger partial charge in [-0.05, 0) is 35.9 Å². The Balaban J connectivity index is 1.67. The van der Waals surface area contributed by atoms with Gasteiger partial charge in [-0.15, -0.1) is 10.2 Å². The van der Waals surface area contributed by atoms with Crippen LogP contribution < -0.4 is 10.6 Å². The van der Waals surface area contributed by atoms with Crippen LogP contribution in [0.1, 0.15) is 16.1 Å². The van der Waals surface area contributed by atoms with Gasteiger partial charge in [0, 0.05) is 12.2 Å². The first-order valence-corrected chi connectivity index (χ1v) is 7.08. The summed E-state index contributed by atoms with van der Waals surface area (Å²) >= 11 is 0. The number of hydrogen-bond acceptors (Lipinski definition) is 4. The molecular formula is C16H13F2N5O. The van der Waals surface area contributed by atoms with Crippen LogP contribution in [0.15, 0.2) is 48.5 Å². The molecule has 0 fully saturated rings. The van der Waals surface area contributed by atoms with Crippen molar-refractivity contribution in [3.63, 3.8) is 0 Å². The summed E-state index contributed by atoms with van der Waals surface area (Å²) in [7, 11) is 0. The van der Waals surface area contributed by atoms with E-state index in [1.165, 1.54) is 30.3 Å². The summed E-state index contributed by atoms with van der Waals surface area (Å²) in [5.74, 6) is -1.04. The average Bonchev–Trinajstić information content (AvgIpc) is 3.02. The van der Waals surface area contributed by atoms with Gasteiger partial charge in [-0.3, -0.25) is 4.79 Å². The summed E-state index contributed by atoms with van der Waals surface area (Å²) in [5.41, 5.74) is 1.23. The lowest BCUT2D eigenvalue weighted by atomic mass is 10.2. The number of carbonyl (C=O) groups excluding carboxylic acids is 1. The maximum atomic E-state index is 13.2. The molecule has 0 aliphatic heterocycles. The molecule has 8 heteroatoms. The number of anilines is 2. The normalized spacial score (nSPS) is 10.4. The van der Waals surface area contributed by atoms with E-state index in [0.29, 0.717) is 5.69 Å². The lowest BCUT2D eigenvalue weighted by Gasteiger charge is -2.06. The van der Waals surface area contributed by atoms with Crippen LogP contribution in [-0.4, -0.2) is 21.3 Å². The number of amides is 1. The molecule has 0 atom stereocenters. The molecule has 122 valence electrons. The van der Waals surface area contributed by atoms with Crippen LogP contribution in [0.5, 0.6) is 0 Å². The highest BCUT2D eigenvalue weighted by Gasteiger charge is 2.16. The van der Waals surface area contributed by atoms with Crippen molar-refractivity contribution < 1.29 is 13.6 Å². The van der Waals surface area contributed by atoms with E-state index in [2.05, 4.69) is 26.0 Å². The molecule has 0 saturated carbocycles. The molecule has 1 heterocycles. The van der Waals surface area contributed by atoms with Crippen LogP contribution in [0.3, 0.4) is 0 Å². The summed E-state index contributed by atoms with van der Waals surface area (Å²) in [6.07, 6.45) is 0. The summed E-state index contributed by atoms with van der Waals surface area (Å²) in [6.45, 7) is 0.214. The quantitative estimate of drug-likeness (QED) is 0.672. The minimum absolute atomic E-state index is 0.0429. The third kappa shape index (κ3) is 3.72. The first-order valence-electron chi connectivity index (χ1n) is 7.08. The zero-order chi connectivity index (χ0) is 16.9. The van der Waals surface area contributed by atoms with E-state index in [9.17, 15) is 13.6 Å². The second-order valence-corrected chi connectivity index (χ2v) is 4.97. The smallest absolute Gasteiger partial charge is 0.275 e. The van der Waals surface area contributed by atoms with Crippen molar-refractivity contribution in [3.05, 3.63) is 71.4 Å². The van der Waals surface area contributed by atoms with E-state index in [-0.39, 0.29) is 23.9 Å². The highest BCUT2D eigenvalue weighted by Crippen LogP contribution is 2.17. The lowest BCUT2D eigenvalue weighted by Crippen LogP contribution is -2.24. The number of nitrogens with one attached hydrogen (secondary N) is 3. The number of H-pyrrole nitrogens is 1. The Morgan fingerprint density at radius 3 is 2.58 bits per heavy atom. The first kappa shape index (κ1) is 15.6. The van der Waals surface area contributed by atoms with Crippen molar-refractivity contribution in [2.75, 3.05) is 5.32 Å².